The summed E-state index contributed by atoms with van der Waals surface area (Å²) in [4.78, 5) is 15.1. The van der Waals surface area contributed by atoms with Crippen molar-refractivity contribution in [3.05, 3.63) is 11.9 Å². The van der Waals surface area contributed by atoms with Crippen molar-refractivity contribution in [1.82, 2.24) is 9.55 Å². The number of aromatic nitrogens is 2. The highest BCUT2D eigenvalue weighted by Crippen LogP contribution is 2.24. The Morgan fingerprint density at radius 2 is 1.95 bits per heavy atom. The van der Waals surface area contributed by atoms with Crippen LogP contribution in [-0.4, -0.2) is 26.4 Å². The van der Waals surface area contributed by atoms with Crippen LogP contribution in [0.15, 0.2) is 11.4 Å². The summed E-state index contributed by atoms with van der Waals surface area (Å²) in [6.07, 6.45) is 9.47. The Labute approximate surface area is 132 Å². The molecule has 0 atom stereocenters. The van der Waals surface area contributed by atoms with Crippen LogP contribution in [0.1, 0.15) is 70.9 Å². The number of hydrogen-bond donors (Lipinski definition) is 1. The summed E-state index contributed by atoms with van der Waals surface area (Å²) in [6, 6.07) is 0. The first-order valence-electron chi connectivity index (χ1n) is 7.96. The minimum Gasteiger partial charge on any atom is -0.481 e. The summed E-state index contributed by atoms with van der Waals surface area (Å²) in [5.41, 5.74) is 1.21. The molecule has 0 aliphatic rings. The molecule has 1 heterocycles. The minimum absolute atomic E-state index is 0.0745. The van der Waals surface area contributed by atoms with Gasteiger partial charge in [-0.3, -0.25) is 4.79 Å². The Morgan fingerprint density at radius 1 is 1.29 bits per heavy atom. The highest BCUT2D eigenvalue weighted by atomic mass is 32.2. The van der Waals surface area contributed by atoms with Crippen molar-refractivity contribution >= 4 is 17.7 Å². The van der Waals surface area contributed by atoms with E-state index in [4.69, 9.17) is 5.11 Å². The van der Waals surface area contributed by atoms with Gasteiger partial charge < -0.3 is 9.67 Å². The molecule has 0 saturated heterocycles. The van der Waals surface area contributed by atoms with Crippen LogP contribution in [0.25, 0.3) is 0 Å². The fraction of sp³-hybridized carbons (Fsp3) is 0.750. The standard InChI is InChI=1S/C16H28N2O2S/c1-4-5-6-7-8-9-10-18-14(13(2)3)11-17-16(18)21-12-15(19)20/h11,13H,4-10,12H2,1-3H3,(H,19,20). The molecule has 1 N–H and O–H groups in total. The Hall–Kier alpha value is -0.970. The van der Waals surface area contributed by atoms with Crippen molar-refractivity contribution in [3.8, 4) is 0 Å². The molecular weight excluding hydrogens is 284 g/mol. The lowest BCUT2D eigenvalue weighted by atomic mass is 10.1. The van der Waals surface area contributed by atoms with Gasteiger partial charge in [-0.2, -0.15) is 0 Å². The molecule has 120 valence electrons. The molecule has 0 aliphatic heterocycles. The first-order chi connectivity index (χ1) is 10.1. The van der Waals surface area contributed by atoms with Gasteiger partial charge in [0.25, 0.3) is 0 Å². The summed E-state index contributed by atoms with van der Waals surface area (Å²) in [5.74, 6) is -0.303. The second kappa shape index (κ2) is 9.87. The predicted octanol–water partition coefficient (Wildman–Crippen LogP) is 4.54. The maximum Gasteiger partial charge on any atom is 0.313 e. The maximum absolute atomic E-state index is 10.7. The van der Waals surface area contributed by atoms with Crippen molar-refractivity contribution in [1.29, 1.82) is 0 Å². The lowest BCUT2D eigenvalue weighted by molar-refractivity contribution is -0.133. The van der Waals surface area contributed by atoms with Crippen LogP contribution in [0.3, 0.4) is 0 Å². The van der Waals surface area contributed by atoms with Gasteiger partial charge in [-0.15, -0.1) is 0 Å². The van der Waals surface area contributed by atoms with E-state index in [0.717, 1.165) is 18.1 Å². The normalized spacial score (nSPS) is 11.2. The molecule has 21 heavy (non-hydrogen) atoms. The second-order valence-electron chi connectivity index (χ2n) is 5.72. The average Bonchev–Trinajstić information content (AvgIpc) is 2.83. The first kappa shape index (κ1) is 18.1. The lowest BCUT2D eigenvalue weighted by Gasteiger charge is -2.13. The molecule has 0 radical (unpaired) electrons. The maximum atomic E-state index is 10.7. The first-order valence-corrected chi connectivity index (χ1v) is 8.94. The monoisotopic (exact) mass is 312 g/mol. The number of carboxylic acid groups (broad SMARTS) is 1. The van der Waals surface area contributed by atoms with E-state index in [1.54, 1.807) is 0 Å². The van der Waals surface area contributed by atoms with Gasteiger partial charge >= 0.3 is 5.97 Å². The third-order valence-electron chi connectivity index (χ3n) is 3.50. The number of thioether (sulfide) groups is 1. The smallest absolute Gasteiger partial charge is 0.313 e. The third-order valence-corrected chi connectivity index (χ3v) is 4.48. The van der Waals surface area contributed by atoms with E-state index in [2.05, 4.69) is 30.3 Å². The molecule has 0 unspecified atom stereocenters. The van der Waals surface area contributed by atoms with Crippen molar-refractivity contribution in [2.24, 2.45) is 0 Å². The summed E-state index contributed by atoms with van der Waals surface area (Å²) >= 11 is 1.32. The van der Waals surface area contributed by atoms with Crippen LogP contribution in [0, 0.1) is 0 Å². The molecule has 4 nitrogen and oxygen atoms in total. The zero-order valence-electron chi connectivity index (χ0n) is 13.5. The van der Waals surface area contributed by atoms with Crippen LogP contribution in [0.2, 0.25) is 0 Å². The van der Waals surface area contributed by atoms with Crippen molar-refractivity contribution < 1.29 is 9.90 Å². The topological polar surface area (TPSA) is 55.1 Å². The molecule has 1 aromatic rings. The van der Waals surface area contributed by atoms with Gasteiger partial charge in [-0.1, -0.05) is 64.6 Å². The van der Waals surface area contributed by atoms with Crippen molar-refractivity contribution in [3.63, 3.8) is 0 Å². The van der Waals surface area contributed by atoms with Gasteiger partial charge in [0.15, 0.2) is 5.16 Å². The second-order valence-corrected chi connectivity index (χ2v) is 6.66. The van der Waals surface area contributed by atoms with Gasteiger partial charge in [-0.05, 0) is 12.3 Å². The summed E-state index contributed by atoms with van der Waals surface area (Å²) in [7, 11) is 0. The minimum atomic E-state index is -0.791. The summed E-state index contributed by atoms with van der Waals surface area (Å²) in [5, 5.41) is 9.66. The zero-order valence-corrected chi connectivity index (χ0v) is 14.3. The summed E-state index contributed by atoms with van der Waals surface area (Å²) in [6.45, 7) is 7.48. The van der Waals surface area contributed by atoms with Gasteiger partial charge in [0.05, 0.1) is 5.75 Å². The summed E-state index contributed by atoms with van der Waals surface area (Å²) < 4.78 is 2.21. The number of unbranched alkanes of at least 4 members (excludes halogenated alkanes) is 5. The fourth-order valence-corrected chi connectivity index (χ4v) is 3.08. The predicted molar refractivity (Wildman–Crippen MR) is 88.1 cm³/mol. The Bertz CT molecular complexity index is 430. The van der Waals surface area contributed by atoms with E-state index in [0.29, 0.717) is 5.92 Å². The number of rotatable bonds is 11. The van der Waals surface area contributed by atoms with Gasteiger partial charge in [0.1, 0.15) is 0 Å². The molecule has 1 rings (SSSR count). The quantitative estimate of drug-likeness (QED) is 0.481. The fourth-order valence-electron chi connectivity index (χ4n) is 2.35. The van der Waals surface area contributed by atoms with Crippen LogP contribution in [-0.2, 0) is 11.3 Å². The average molecular weight is 312 g/mol. The Morgan fingerprint density at radius 3 is 2.57 bits per heavy atom. The van der Waals surface area contributed by atoms with E-state index >= 15 is 0 Å². The Kier molecular flexibility index (Phi) is 8.50. The van der Waals surface area contributed by atoms with Crippen LogP contribution >= 0.6 is 11.8 Å². The highest BCUT2D eigenvalue weighted by molar-refractivity contribution is 7.99. The number of carbonyl (C=O) groups is 1. The van der Waals surface area contributed by atoms with Crippen LogP contribution in [0.5, 0.6) is 0 Å². The number of aliphatic carboxylic acids is 1. The number of nitrogens with zero attached hydrogens (tertiary/aromatic N) is 2. The molecule has 0 fully saturated rings. The lowest BCUT2D eigenvalue weighted by Crippen LogP contribution is -2.07. The molecule has 1 aromatic heterocycles. The number of imidazole rings is 1. The molecule has 0 bridgehead atoms. The largest absolute Gasteiger partial charge is 0.481 e. The van der Waals surface area contributed by atoms with Gasteiger partial charge in [0, 0.05) is 18.4 Å². The van der Waals surface area contributed by atoms with Gasteiger partial charge in [-0.25, -0.2) is 4.98 Å². The van der Waals surface area contributed by atoms with E-state index in [1.807, 2.05) is 6.20 Å². The molecule has 5 heteroatoms. The molecule has 0 amide bonds. The molecular formula is C16H28N2O2S. The molecule has 0 aromatic carbocycles. The van der Waals surface area contributed by atoms with Crippen LogP contribution < -0.4 is 0 Å². The van der Waals surface area contributed by atoms with Gasteiger partial charge in [0.2, 0.25) is 0 Å². The molecule has 0 saturated carbocycles. The van der Waals surface area contributed by atoms with Crippen molar-refractivity contribution in [2.45, 2.75) is 76.9 Å². The Balaban J connectivity index is 2.55. The highest BCUT2D eigenvalue weighted by Gasteiger charge is 2.14. The SMILES string of the molecule is CCCCCCCCn1c(C(C)C)cnc1SCC(=O)O. The van der Waals surface area contributed by atoms with E-state index in [1.165, 1.54) is 49.6 Å². The van der Waals surface area contributed by atoms with E-state index in [-0.39, 0.29) is 5.75 Å². The molecule has 0 spiro atoms. The number of hydrogen-bond acceptors (Lipinski definition) is 3. The molecule has 0 aliphatic carbocycles. The van der Waals surface area contributed by atoms with E-state index in [9.17, 15) is 4.79 Å². The van der Waals surface area contributed by atoms with Crippen LogP contribution in [0.4, 0.5) is 0 Å². The zero-order chi connectivity index (χ0) is 15.7. The van der Waals surface area contributed by atoms with Crippen molar-refractivity contribution in [2.75, 3.05) is 5.75 Å². The van der Waals surface area contributed by atoms with E-state index < -0.39 is 5.97 Å². The third kappa shape index (κ3) is 6.55. The number of carboxylic acids is 1.